The third-order valence-electron chi connectivity index (χ3n) is 3.94. The molecule has 0 aliphatic rings. The Kier molecular flexibility index (Phi) is 10.5. The molecule has 13 heteroatoms. The first kappa shape index (κ1) is 27.6. The summed E-state index contributed by atoms with van der Waals surface area (Å²) >= 11 is 0. The fraction of sp³-hybridized carbons (Fsp3) is 0.300. The van der Waals surface area contributed by atoms with Crippen molar-refractivity contribution in [2.75, 3.05) is 19.0 Å². The van der Waals surface area contributed by atoms with Gasteiger partial charge in [0.15, 0.2) is 11.9 Å². The van der Waals surface area contributed by atoms with E-state index in [9.17, 15) is 22.4 Å². The number of nitrogens with two attached hydrogens (primary N) is 3. The predicted octanol–water partition coefficient (Wildman–Crippen LogP) is 2.87. The minimum Gasteiger partial charge on any atom is -0.464 e. The molecule has 2 aromatic rings. The standard InChI is InChI=1S/C19H22F3N5O2.CH5FN2/c1-3-29-18(28)12(2)27(24)26-17(23)15-6-4-5-7-16(15)25-14-10-8-13(9-11-14)19(20,21)22;1-4(2)3/h4-12,25H,3,24H2,1-2H3,(H2,23,26);3H2,1H3. The summed E-state index contributed by atoms with van der Waals surface area (Å²) in [5.41, 5.74) is 6.68. The van der Waals surface area contributed by atoms with Crippen LogP contribution in [0.3, 0.4) is 0 Å². The van der Waals surface area contributed by atoms with Crippen LogP contribution in [0.2, 0.25) is 0 Å². The molecular weight excluding hydrogens is 446 g/mol. The Bertz CT molecular complexity index is 919. The molecule has 7 N–H and O–H groups in total. The third kappa shape index (κ3) is 9.31. The lowest BCUT2D eigenvalue weighted by atomic mass is 10.1. The van der Waals surface area contributed by atoms with Crippen LogP contribution in [-0.4, -0.2) is 41.9 Å². The Labute approximate surface area is 188 Å². The molecule has 0 aromatic heterocycles. The van der Waals surface area contributed by atoms with Gasteiger partial charge < -0.3 is 15.8 Å². The highest BCUT2D eigenvalue weighted by Gasteiger charge is 2.30. The first-order chi connectivity index (χ1) is 15.4. The van der Waals surface area contributed by atoms with Crippen LogP contribution in [0.15, 0.2) is 53.6 Å². The van der Waals surface area contributed by atoms with E-state index in [1.165, 1.54) is 19.1 Å². The smallest absolute Gasteiger partial charge is 0.416 e. The molecule has 0 amide bonds. The fourth-order valence-corrected chi connectivity index (χ4v) is 2.35. The number of nitrogens with one attached hydrogen (secondary N) is 1. The maximum Gasteiger partial charge on any atom is 0.416 e. The zero-order valence-corrected chi connectivity index (χ0v) is 18.3. The molecule has 182 valence electrons. The fourth-order valence-electron chi connectivity index (χ4n) is 2.35. The molecule has 9 nitrogen and oxygen atoms in total. The molecule has 1 unspecified atom stereocenters. The van der Waals surface area contributed by atoms with Gasteiger partial charge in [-0.3, -0.25) is 0 Å². The number of rotatable bonds is 7. The molecular formula is C20H27F4N7O2. The van der Waals surface area contributed by atoms with Gasteiger partial charge in [-0.1, -0.05) is 17.4 Å². The van der Waals surface area contributed by atoms with Crippen molar-refractivity contribution in [1.29, 1.82) is 0 Å². The number of amidine groups is 1. The van der Waals surface area contributed by atoms with E-state index in [1.807, 2.05) is 0 Å². The van der Waals surface area contributed by atoms with E-state index in [0.29, 0.717) is 16.9 Å². The van der Waals surface area contributed by atoms with Crippen LogP contribution in [-0.2, 0) is 15.7 Å². The predicted molar refractivity (Wildman–Crippen MR) is 117 cm³/mol. The molecule has 0 saturated heterocycles. The van der Waals surface area contributed by atoms with E-state index in [4.69, 9.17) is 16.3 Å². The number of carbonyl (C=O) groups is 1. The van der Waals surface area contributed by atoms with E-state index in [1.54, 1.807) is 31.2 Å². The zero-order valence-electron chi connectivity index (χ0n) is 18.3. The molecule has 0 spiro atoms. The van der Waals surface area contributed by atoms with Crippen molar-refractivity contribution in [3.63, 3.8) is 0 Å². The van der Waals surface area contributed by atoms with Gasteiger partial charge in [-0.05, 0) is 50.2 Å². The first-order valence-corrected chi connectivity index (χ1v) is 9.59. The number of hydrogen-bond donors (Lipinski definition) is 4. The number of esters is 1. The highest BCUT2D eigenvalue weighted by molar-refractivity contribution is 6.02. The normalized spacial score (nSPS) is 12.5. The number of nitrogens with zero attached hydrogens (tertiary/aromatic N) is 3. The largest absolute Gasteiger partial charge is 0.464 e. The number of carbonyl (C=O) groups excluding carboxylic acids is 1. The Morgan fingerprint density at radius 1 is 1.15 bits per heavy atom. The van der Waals surface area contributed by atoms with Crippen LogP contribution in [0, 0.1) is 0 Å². The number of hydrazine groups is 2. The van der Waals surface area contributed by atoms with Gasteiger partial charge in [-0.2, -0.15) is 13.2 Å². The van der Waals surface area contributed by atoms with Crippen molar-refractivity contribution >= 4 is 23.2 Å². The average molecular weight is 473 g/mol. The summed E-state index contributed by atoms with van der Waals surface area (Å²) in [5.74, 6) is 9.52. The second kappa shape index (κ2) is 12.6. The molecule has 2 aromatic carbocycles. The molecule has 0 fully saturated rings. The van der Waals surface area contributed by atoms with Crippen molar-refractivity contribution in [2.45, 2.75) is 26.1 Å². The van der Waals surface area contributed by atoms with Crippen molar-refractivity contribution in [2.24, 2.45) is 22.5 Å². The average Bonchev–Trinajstić information content (AvgIpc) is 2.73. The lowest BCUT2D eigenvalue weighted by Crippen LogP contribution is -2.42. The number of hydrazone groups is 1. The van der Waals surface area contributed by atoms with Crippen LogP contribution >= 0.6 is 0 Å². The van der Waals surface area contributed by atoms with Gasteiger partial charge in [0.1, 0.15) is 0 Å². The number of para-hydroxylation sites is 1. The van der Waals surface area contributed by atoms with Crippen molar-refractivity contribution in [1.82, 2.24) is 10.3 Å². The minimum absolute atomic E-state index is 0. The molecule has 0 bridgehead atoms. The van der Waals surface area contributed by atoms with Gasteiger partial charge >= 0.3 is 12.1 Å². The summed E-state index contributed by atoms with van der Waals surface area (Å²) in [6.07, 6.45) is -4.41. The van der Waals surface area contributed by atoms with Crippen LogP contribution in [0.4, 0.5) is 29.0 Å². The molecule has 33 heavy (non-hydrogen) atoms. The highest BCUT2D eigenvalue weighted by atomic mass is 19.4. The van der Waals surface area contributed by atoms with E-state index < -0.39 is 23.8 Å². The molecule has 0 heterocycles. The number of ether oxygens (including phenoxy) is 1. The lowest BCUT2D eigenvalue weighted by Gasteiger charge is -2.20. The van der Waals surface area contributed by atoms with Gasteiger partial charge in [0, 0.05) is 24.0 Å². The van der Waals surface area contributed by atoms with Crippen LogP contribution < -0.4 is 22.7 Å². The second-order valence-corrected chi connectivity index (χ2v) is 6.56. The Morgan fingerprint density at radius 3 is 2.21 bits per heavy atom. The Morgan fingerprint density at radius 2 is 1.70 bits per heavy atom. The van der Waals surface area contributed by atoms with E-state index >= 15 is 0 Å². The number of alkyl halides is 3. The molecule has 0 aliphatic heterocycles. The van der Waals surface area contributed by atoms with Crippen molar-refractivity contribution in [3.8, 4) is 0 Å². The maximum absolute atomic E-state index is 12.7. The summed E-state index contributed by atoms with van der Waals surface area (Å²) in [5, 5.41) is 7.90. The first-order valence-electron chi connectivity index (χ1n) is 9.59. The lowest BCUT2D eigenvalue weighted by molar-refractivity contribution is -0.149. The van der Waals surface area contributed by atoms with Gasteiger partial charge in [-0.15, -0.1) is 9.58 Å². The highest BCUT2D eigenvalue weighted by Crippen LogP contribution is 2.30. The van der Waals surface area contributed by atoms with Gasteiger partial charge in [0.25, 0.3) is 0 Å². The number of halogens is 4. The summed E-state index contributed by atoms with van der Waals surface area (Å²) < 4.78 is 53.6. The molecule has 2 rings (SSSR count). The number of anilines is 2. The molecule has 0 aliphatic carbocycles. The van der Waals surface area contributed by atoms with Gasteiger partial charge in [-0.25, -0.2) is 21.6 Å². The molecule has 0 saturated carbocycles. The van der Waals surface area contributed by atoms with Crippen LogP contribution in [0.25, 0.3) is 0 Å². The maximum atomic E-state index is 12.7. The number of benzene rings is 2. The Balaban J connectivity index is 0.00000125. The summed E-state index contributed by atoms with van der Waals surface area (Å²) in [6.45, 7) is 3.39. The van der Waals surface area contributed by atoms with Crippen molar-refractivity contribution in [3.05, 3.63) is 59.7 Å². The van der Waals surface area contributed by atoms with E-state index in [-0.39, 0.29) is 17.7 Å². The monoisotopic (exact) mass is 473 g/mol. The van der Waals surface area contributed by atoms with Crippen molar-refractivity contribution < 1.29 is 27.2 Å². The minimum atomic E-state index is -4.41. The molecule has 0 radical (unpaired) electrons. The zero-order chi connectivity index (χ0) is 25.2. The quantitative estimate of drug-likeness (QED) is 0.0917. The van der Waals surface area contributed by atoms with E-state index in [2.05, 4.69) is 16.3 Å². The SMILES string of the molecule is CCOC(=O)C(C)N(N)/N=C(\N)c1ccccc1Nc1ccc(C(F)(F)F)cc1.CN(N)F. The van der Waals surface area contributed by atoms with Gasteiger partial charge in [0.05, 0.1) is 12.2 Å². The Hall–Kier alpha value is -3.42. The van der Waals surface area contributed by atoms with Crippen LogP contribution in [0.5, 0.6) is 0 Å². The van der Waals surface area contributed by atoms with E-state index in [0.717, 1.165) is 24.3 Å². The molecule has 1 atom stereocenters. The number of hydrogen-bond acceptors (Lipinski definition) is 8. The van der Waals surface area contributed by atoms with Crippen LogP contribution in [0.1, 0.15) is 25.0 Å². The summed E-state index contributed by atoms with van der Waals surface area (Å²) in [7, 11) is 1.11. The second-order valence-electron chi connectivity index (χ2n) is 6.56. The third-order valence-corrected chi connectivity index (χ3v) is 3.94. The summed E-state index contributed by atoms with van der Waals surface area (Å²) in [4.78, 5) is 11.8. The summed E-state index contributed by atoms with van der Waals surface area (Å²) in [6, 6.07) is 10.5. The van der Waals surface area contributed by atoms with Gasteiger partial charge in [0.2, 0.25) is 0 Å². The topological polar surface area (TPSA) is 135 Å².